The van der Waals surface area contributed by atoms with Crippen LogP contribution in [0.4, 0.5) is 5.69 Å². The van der Waals surface area contributed by atoms with E-state index < -0.39 is 0 Å². The van der Waals surface area contributed by atoms with E-state index >= 15 is 0 Å². The maximum Gasteiger partial charge on any atom is 0.266 e. The molecule has 0 radical (unpaired) electrons. The lowest BCUT2D eigenvalue weighted by molar-refractivity contribution is 0.0926. The lowest BCUT2D eigenvalue weighted by atomic mass is 10.1. The Morgan fingerprint density at radius 1 is 0.842 bits per heavy atom. The minimum Gasteiger partial charge on any atom is -0.268 e. The van der Waals surface area contributed by atoms with Gasteiger partial charge in [-0.05, 0) is 36.4 Å². The summed E-state index contributed by atoms with van der Waals surface area (Å²) in [5.74, 6) is 1.90. The molecule has 1 aliphatic rings. The molecular formula is C16H9NO2. The number of carbonyl (C=O) groups excluding carboxylic acids is 2. The van der Waals surface area contributed by atoms with Crippen molar-refractivity contribution in [2.24, 2.45) is 0 Å². The zero-order valence-corrected chi connectivity index (χ0v) is 9.96. The van der Waals surface area contributed by atoms with Gasteiger partial charge in [-0.1, -0.05) is 18.1 Å². The summed E-state index contributed by atoms with van der Waals surface area (Å²) in [4.78, 5) is 25.6. The third-order valence-electron chi connectivity index (χ3n) is 3.09. The summed E-state index contributed by atoms with van der Waals surface area (Å²) in [6.07, 6.45) is 5.28. The summed E-state index contributed by atoms with van der Waals surface area (Å²) in [7, 11) is 0. The first-order valence-corrected chi connectivity index (χ1v) is 5.77. The van der Waals surface area contributed by atoms with Gasteiger partial charge in [0.25, 0.3) is 11.8 Å². The Kier molecular flexibility index (Phi) is 2.43. The number of imide groups is 1. The Balaban J connectivity index is 2.06. The molecule has 0 unspecified atom stereocenters. The standard InChI is InChI=1S/C16H9NO2/c1-2-11-7-9-12(10-8-11)17-15(18)13-5-3-4-6-14(13)16(17)19/h1,3-10H. The van der Waals surface area contributed by atoms with Gasteiger partial charge in [0.2, 0.25) is 0 Å². The van der Waals surface area contributed by atoms with Crippen molar-refractivity contribution in [2.75, 3.05) is 4.90 Å². The molecular weight excluding hydrogens is 238 g/mol. The summed E-state index contributed by atoms with van der Waals surface area (Å²) in [5, 5.41) is 0. The normalized spacial score (nSPS) is 13.3. The largest absolute Gasteiger partial charge is 0.268 e. The van der Waals surface area contributed by atoms with Crippen molar-refractivity contribution in [2.45, 2.75) is 0 Å². The fourth-order valence-corrected chi connectivity index (χ4v) is 2.13. The van der Waals surface area contributed by atoms with Crippen LogP contribution < -0.4 is 4.90 Å². The fraction of sp³-hybridized carbons (Fsp3) is 0. The number of fused-ring (bicyclic) bond motifs is 1. The minimum absolute atomic E-state index is 0.297. The maximum absolute atomic E-state index is 12.2. The van der Waals surface area contributed by atoms with Gasteiger partial charge in [0.05, 0.1) is 16.8 Å². The molecule has 3 heteroatoms. The van der Waals surface area contributed by atoms with Gasteiger partial charge >= 0.3 is 0 Å². The first-order chi connectivity index (χ1) is 9.22. The molecule has 1 aliphatic heterocycles. The van der Waals surface area contributed by atoms with E-state index in [0.717, 1.165) is 0 Å². The Morgan fingerprint density at radius 3 is 1.84 bits per heavy atom. The van der Waals surface area contributed by atoms with Crippen LogP contribution in [0.25, 0.3) is 0 Å². The summed E-state index contributed by atoms with van der Waals surface area (Å²) >= 11 is 0. The van der Waals surface area contributed by atoms with E-state index in [1.54, 1.807) is 48.5 Å². The van der Waals surface area contributed by atoms with Crippen molar-refractivity contribution in [3.8, 4) is 12.3 Å². The highest BCUT2D eigenvalue weighted by Gasteiger charge is 2.36. The van der Waals surface area contributed by atoms with Gasteiger partial charge in [-0.3, -0.25) is 9.59 Å². The Morgan fingerprint density at radius 2 is 1.37 bits per heavy atom. The molecule has 2 amide bonds. The number of carbonyl (C=O) groups is 2. The van der Waals surface area contributed by atoms with Crippen LogP contribution in [0, 0.1) is 12.3 Å². The zero-order chi connectivity index (χ0) is 13.4. The summed E-state index contributed by atoms with van der Waals surface area (Å²) in [6.45, 7) is 0. The van der Waals surface area contributed by atoms with E-state index in [0.29, 0.717) is 22.4 Å². The van der Waals surface area contributed by atoms with Crippen molar-refractivity contribution in [1.82, 2.24) is 0 Å². The second kappa shape index (κ2) is 4.11. The van der Waals surface area contributed by atoms with Crippen LogP contribution in [-0.2, 0) is 0 Å². The van der Waals surface area contributed by atoms with Crippen LogP contribution in [-0.4, -0.2) is 11.8 Å². The molecule has 0 aliphatic carbocycles. The Bertz CT molecular complexity index is 688. The third kappa shape index (κ3) is 1.62. The highest BCUT2D eigenvalue weighted by atomic mass is 16.2. The number of nitrogens with zero attached hydrogens (tertiary/aromatic N) is 1. The van der Waals surface area contributed by atoms with E-state index in [1.807, 2.05) is 0 Å². The van der Waals surface area contributed by atoms with Gasteiger partial charge in [0.1, 0.15) is 0 Å². The van der Waals surface area contributed by atoms with Gasteiger partial charge in [-0.2, -0.15) is 0 Å². The predicted octanol–water partition coefficient (Wildman–Crippen LogP) is 2.47. The molecule has 0 saturated carbocycles. The first-order valence-electron chi connectivity index (χ1n) is 5.77. The van der Waals surface area contributed by atoms with Crippen molar-refractivity contribution in [1.29, 1.82) is 0 Å². The quantitative estimate of drug-likeness (QED) is 0.573. The number of anilines is 1. The van der Waals surface area contributed by atoms with Crippen LogP contribution in [0.1, 0.15) is 26.3 Å². The van der Waals surface area contributed by atoms with Gasteiger partial charge in [-0.15, -0.1) is 6.42 Å². The molecule has 90 valence electrons. The lowest BCUT2D eigenvalue weighted by Gasteiger charge is -2.13. The SMILES string of the molecule is C#Cc1ccc(N2C(=O)c3ccccc3C2=O)cc1. The monoisotopic (exact) mass is 247 g/mol. The number of hydrogen-bond donors (Lipinski definition) is 0. The number of amides is 2. The minimum atomic E-state index is -0.297. The smallest absolute Gasteiger partial charge is 0.266 e. The molecule has 2 aromatic carbocycles. The maximum atomic E-state index is 12.2. The van der Waals surface area contributed by atoms with Crippen LogP contribution in [0.5, 0.6) is 0 Å². The number of terminal acetylenes is 1. The van der Waals surface area contributed by atoms with Gasteiger partial charge < -0.3 is 0 Å². The molecule has 1 heterocycles. The van der Waals surface area contributed by atoms with Crippen molar-refractivity contribution in [3.63, 3.8) is 0 Å². The summed E-state index contributed by atoms with van der Waals surface area (Å²) in [6, 6.07) is 13.6. The first kappa shape index (κ1) is 11.2. The molecule has 19 heavy (non-hydrogen) atoms. The molecule has 0 N–H and O–H groups in total. The van der Waals surface area contributed by atoms with E-state index in [9.17, 15) is 9.59 Å². The second-order valence-corrected chi connectivity index (χ2v) is 4.18. The average Bonchev–Trinajstić information content (AvgIpc) is 2.72. The lowest BCUT2D eigenvalue weighted by Crippen LogP contribution is -2.29. The average molecular weight is 247 g/mol. The van der Waals surface area contributed by atoms with Crippen LogP contribution in [0.3, 0.4) is 0 Å². The molecule has 0 spiro atoms. The zero-order valence-electron chi connectivity index (χ0n) is 9.96. The highest BCUT2D eigenvalue weighted by Crippen LogP contribution is 2.28. The number of benzene rings is 2. The van der Waals surface area contributed by atoms with Crippen LogP contribution in [0.15, 0.2) is 48.5 Å². The fourth-order valence-electron chi connectivity index (χ4n) is 2.13. The molecule has 3 rings (SSSR count). The number of rotatable bonds is 1. The van der Waals surface area contributed by atoms with E-state index in [-0.39, 0.29) is 11.8 Å². The van der Waals surface area contributed by atoms with Crippen molar-refractivity contribution < 1.29 is 9.59 Å². The van der Waals surface area contributed by atoms with Crippen molar-refractivity contribution in [3.05, 3.63) is 65.2 Å². The molecule has 0 aromatic heterocycles. The van der Waals surface area contributed by atoms with Crippen LogP contribution >= 0.6 is 0 Å². The van der Waals surface area contributed by atoms with Gasteiger partial charge in [0, 0.05) is 5.56 Å². The third-order valence-corrected chi connectivity index (χ3v) is 3.09. The molecule has 0 atom stereocenters. The van der Waals surface area contributed by atoms with Gasteiger partial charge in [-0.25, -0.2) is 4.90 Å². The Hall–Kier alpha value is -2.86. The summed E-state index contributed by atoms with van der Waals surface area (Å²) in [5.41, 5.74) is 2.12. The van der Waals surface area contributed by atoms with E-state index in [1.165, 1.54) is 4.90 Å². The molecule has 0 bridgehead atoms. The molecule has 0 fully saturated rings. The second-order valence-electron chi connectivity index (χ2n) is 4.18. The topological polar surface area (TPSA) is 37.4 Å². The number of hydrogen-bond acceptors (Lipinski definition) is 2. The summed E-state index contributed by atoms with van der Waals surface area (Å²) < 4.78 is 0. The molecule has 2 aromatic rings. The van der Waals surface area contributed by atoms with Crippen LogP contribution in [0.2, 0.25) is 0 Å². The Labute approximate surface area is 110 Å². The molecule has 0 saturated heterocycles. The van der Waals surface area contributed by atoms with E-state index in [2.05, 4.69) is 5.92 Å². The van der Waals surface area contributed by atoms with E-state index in [4.69, 9.17) is 6.42 Å². The molecule has 3 nitrogen and oxygen atoms in total. The van der Waals surface area contributed by atoms with Gasteiger partial charge in [0.15, 0.2) is 0 Å². The predicted molar refractivity (Wildman–Crippen MR) is 72.0 cm³/mol. The van der Waals surface area contributed by atoms with Crippen molar-refractivity contribution >= 4 is 17.5 Å². The highest BCUT2D eigenvalue weighted by molar-refractivity contribution is 6.34.